The molecule has 3 heteroatoms. The van der Waals surface area contributed by atoms with Gasteiger partial charge in [0.05, 0.1) is 12.0 Å². The minimum Gasteiger partial charge on any atom is -0.303 e. The number of benzene rings is 2. The lowest BCUT2D eigenvalue weighted by atomic mass is 9.81. The summed E-state index contributed by atoms with van der Waals surface area (Å²) in [7, 11) is 0. The van der Waals surface area contributed by atoms with Crippen LogP contribution in [0.1, 0.15) is 11.6 Å². The lowest BCUT2D eigenvalue weighted by molar-refractivity contribution is -0.128. The fourth-order valence-corrected chi connectivity index (χ4v) is 2.92. The van der Waals surface area contributed by atoms with E-state index in [0.29, 0.717) is 5.02 Å². The van der Waals surface area contributed by atoms with Gasteiger partial charge in [-0.3, -0.25) is 4.79 Å². The minimum absolute atomic E-state index is 0.0108. The summed E-state index contributed by atoms with van der Waals surface area (Å²) in [6.45, 7) is 3.67. The molecule has 0 unspecified atom stereocenters. The Labute approximate surface area is 135 Å². The van der Waals surface area contributed by atoms with Crippen molar-refractivity contribution in [1.82, 2.24) is 0 Å². The van der Waals surface area contributed by atoms with Crippen LogP contribution in [0.25, 0.3) is 0 Å². The average molecular weight is 310 g/mol. The van der Waals surface area contributed by atoms with Crippen molar-refractivity contribution >= 4 is 23.2 Å². The highest BCUT2D eigenvalue weighted by molar-refractivity contribution is 6.30. The summed E-state index contributed by atoms with van der Waals surface area (Å²) < 4.78 is 0. The number of halogens is 1. The quantitative estimate of drug-likeness (QED) is 0.587. The molecule has 1 heterocycles. The molecule has 22 heavy (non-hydrogen) atoms. The van der Waals surface area contributed by atoms with Crippen LogP contribution in [0, 0.1) is 5.92 Å². The molecule has 0 aromatic heterocycles. The average Bonchev–Trinajstić information content (AvgIpc) is 2.55. The molecule has 2 aromatic carbocycles. The van der Waals surface area contributed by atoms with E-state index in [9.17, 15) is 4.79 Å². The second-order valence-corrected chi connectivity index (χ2v) is 5.62. The number of hydrogen-bond acceptors (Lipinski definition) is 1. The van der Waals surface area contributed by atoms with Gasteiger partial charge in [-0.25, -0.2) is 0 Å². The summed E-state index contributed by atoms with van der Waals surface area (Å²) in [5, 5.41) is 0.693. The predicted octanol–water partition coefficient (Wildman–Crippen LogP) is 4.79. The van der Waals surface area contributed by atoms with Crippen molar-refractivity contribution < 1.29 is 4.79 Å². The molecule has 0 aliphatic carbocycles. The molecule has 0 radical (unpaired) electrons. The standard InChI is InChI=1S/C19H16ClNO/c1-2-3-9-17-18(14-10-12-15(20)13-11-14)21(19(17)22)16-7-5-4-6-8-16/h2-13,17-18H,1H2/b9-3+/t17-,18-/m1/s1. The van der Waals surface area contributed by atoms with Crippen LogP contribution in [0.4, 0.5) is 5.69 Å². The Balaban J connectivity index is 1.98. The maximum atomic E-state index is 12.5. The number of para-hydroxylation sites is 1. The maximum absolute atomic E-state index is 12.5. The van der Waals surface area contributed by atoms with Crippen molar-refractivity contribution in [3.05, 3.63) is 90.0 Å². The summed E-state index contributed by atoms with van der Waals surface area (Å²) in [6, 6.07) is 17.4. The van der Waals surface area contributed by atoms with Crippen LogP contribution < -0.4 is 4.90 Å². The first-order valence-corrected chi connectivity index (χ1v) is 7.53. The zero-order valence-electron chi connectivity index (χ0n) is 12.0. The highest BCUT2D eigenvalue weighted by Crippen LogP contribution is 2.44. The van der Waals surface area contributed by atoms with Crippen LogP contribution in [0.15, 0.2) is 79.4 Å². The fourth-order valence-electron chi connectivity index (χ4n) is 2.79. The molecule has 2 nitrogen and oxygen atoms in total. The summed E-state index contributed by atoms with van der Waals surface area (Å²) in [6.07, 6.45) is 5.43. The van der Waals surface area contributed by atoms with Crippen molar-refractivity contribution in [2.45, 2.75) is 6.04 Å². The van der Waals surface area contributed by atoms with E-state index in [-0.39, 0.29) is 17.9 Å². The van der Waals surface area contributed by atoms with Crippen molar-refractivity contribution in [3.8, 4) is 0 Å². The summed E-state index contributed by atoms with van der Waals surface area (Å²) in [5.74, 6) is -0.0661. The van der Waals surface area contributed by atoms with Crippen molar-refractivity contribution in [2.75, 3.05) is 4.90 Å². The molecule has 2 aromatic rings. The molecule has 2 atom stereocenters. The van der Waals surface area contributed by atoms with E-state index in [1.807, 2.05) is 71.6 Å². The summed E-state index contributed by atoms with van der Waals surface area (Å²) in [5.41, 5.74) is 1.99. The smallest absolute Gasteiger partial charge is 0.236 e. The molecule has 1 amide bonds. The minimum atomic E-state index is -0.167. The van der Waals surface area contributed by atoms with Gasteiger partial charge in [-0.05, 0) is 29.8 Å². The zero-order valence-corrected chi connectivity index (χ0v) is 12.8. The number of hydrogen-bond donors (Lipinski definition) is 0. The third kappa shape index (κ3) is 2.58. The number of rotatable bonds is 4. The molecule has 3 rings (SSSR count). The van der Waals surface area contributed by atoms with Crippen molar-refractivity contribution in [1.29, 1.82) is 0 Å². The Morgan fingerprint density at radius 2 is 1.73 bits per heavy atom. The first kappa shape index (κ1) is 14.6. The largest absolute Gasteiger partial charge is 0.303 e. The number of amides is 1. The Morgan fingerprint density at radius 1 is 1.05 bits per heavy atom. The monoisotopic (exact) mass is 309 g/mol. The van der Waals surface area contributed by atoms with Crippen LogP contribution in [0.3, 0.4) is 0 Å². The van der Waals surface area contributed by atoms with Crippen LogP contribution in [0.5, 0.6) is 0 Å². The van der Waals surface area contributed by atoms with E-state index in [1.165, 1.54) is 0 Å². The first-order chi connectivity index (χ1) is 10.7. The molecule has 0 N–H and O–H groups in total. The van der Waals surface area contributed by atoms with Gasteiger partial charge in [0.1, 0.15) is 0 Å². The van der Waals surface area contributed by atoms with Crippen LogP contribution in [0.2, 0.25) is 5.02 Å². The Kier molecular flexibility index (Phi) is 4.12. The van der Waals surface area contributed by atoms with Gasteiger partial charge < -0.3 is 4.90 Å². The Morgan fingerprint density at radius 3 is 2.36 bits per heavy atom. The highest BCUT2D eigenvalue weighted by atomic mass is 35.5. The van der Waals surface area contributed by atoms with E-state index >= 15 is 0 Å². The molecule has 1 fully saturated rings. The molecule has 0 spiro atoms. The second-order valence-electron chi connectivity index (χ2n) is 5.19. The van der Waals surface area contributed by atoms with Crippen LogP contribution in [-0.2, 0) is 4.79 Å². The third-order valence-corrected chi connectivity index (χ3v) is 4.09. The van der Waals surface area contributed by atoms with Gasteiger partial charge in [-0.2, -0.15) is 0 Å². The van der Waals surface area contributed by atoms with E-state index in [0.717, 1.165) is 11.3 Å². The SMILES string of the molecule is C=C/C=C/[C@H]1C(=O)N(c2ccccc2)[C@@H]1c1ccc(Cl)cc1. The van der Waals surface area contributed by atoms with Gasteiger partial charge >= 0.3 is 0 Å². The predicted molar refractivity (Wildman–Crippen MR) is 90.9 cm³/mol. The number of carbonyl (C=O) groups excluding carboxylic acids is 1. The van der Waals surface area contributed by atoms with Gasteiger partial charge in [0.2, 0.25) is 5.91 Å². The number of anilines is 1. The molecule has 0 bridgehead atoms. The van der Waals surface area contributed by atoms with Crippen LogP contribution >= 0.6 is 11.6 Å². The normalized spacial score (nSPS) is 21.0. The van der Waals surface area contributed by atoms with Gasteiger partial charge in [0.25, 0.3) is 0 Å². The fraction of sp³-hybridized carbons (Fsp3) is 0.105. The van der Waals surface area contributed by atoms with Gasteiger partial charge in [-0.1, -0.05) is 66.7 Å². The maximum Gasteiger partial charge on any atom is 0.236 e. The number of nitrogens with zero attached hydrogens (tertiary/aromatic N) is 1. The molecular weight excluding hydrogens is 294 g/mol. The number of carbonyl (C=O) groups is 1. The second kappa shape index (κ2) is 6.20. The molecule has 1 aliphatic rings. The zero-order chi connectivity index (χ0) is 15.5. The molecular formula is C19H16ClNO. The molecule has 0 saturated carbocycles. The highest BCUT2D eigenvalue weighted by Gasteiger charge is 2.47. The van der Waals surface area contributed by atoms with Crippen molar-refractivity contribution in [2.24, 2.45) is 5.92 Å². The molecule has 110 valence electrons. The lowest BCUT2D eigenvalue weighted by Gasteiger charge is -2.46. The number of allylic oxidation sites excluding steroid dienone is 2. The van der Waals surface area contributed by atoms with E-state index in [1.54, 1.807) is 6.08 Å². The van der Waals surface area contributed by atoms with Gasteiger partial charge in [0.15, 0.2) is 0 Å². The Hall–Kier alpha value is -2.32. The summed E-state index contributed by atoms with van der Waals surface area (Å²) >= 11 is 5.97. The number of β-lactam (4-membered cyclic amide) rings is 1. The first-order valence-electron chi connectivity index (χ1n) is 7.15. The van der Waals surface area contributed by atoms with E-state index in [2.05, 4.69) is 6.58 Å². The third-order valence-electron chi connectivity index (χ3n) is 3.84. The van der Waals surface area contributed by atoms with Gasteiger partial charge in [-0.15, -0.1) is 0 Å². The Bertz CT molecular complexity index is 706. The summed E-state index contributed by atoms with van der Waals surface area (Å²) in [4.78, 5) is 14.4. The van der Waals surface area contributed by atoms with Crippen molar-refractivity contribution in [3.63, 3.8) is 0 Å². The van der Waals surface area contributed by atoms with Gasteiger partial charge in [0, 0.05) is 10.7 Å². The van der Waals surface area contributed by atoms with E-state index in [4.69, 9.17) is 11.6 Å². The molecule has 1 aliphatic heterocycles. The van der Waals surface area contributed by atoms with E-state index < -0.39 is 0 Å². The molecule has 1 saturated heterocycles. The lowest BCUT2D eigenvalue weighted by Crippen LogP contribution is -2.54. The topological polar surface area (TPSA) is 20.3 Å². The van der Waals surface area contributed by atoms with Crippen LogP contribution in [-0.4, -0.2) is 5.91 Å².